The molecule has 1 aliphatic heterocycles. The van der Waals surface area contributed by atoms with Gasteiger partial charge < -0.3 is 30.2 Å². The molecule has 0 aromatic carbocycles. The van der Waals surface area contributed by atoms with E-state index in [0.29, 0.717) is 32.3 Å². The van der Waals surface area contributed by atoms with Crippen LogP contribution in [0.4, 0.5) is 0 Å². The van der Waals surface area contributed by atoms with Crippen LogP contribution in [-0.4, -0.2) is 78.2 Å². The molecule has 0 aromatic rings. The molecule has 1 amide bonds. The zero-order valence-electron chi connectivity index (χ0n) is 14.2. The summed E-state index contributed by atoms with van der Waals surface area (Å²) in [5.41, 5.74) is 0. The lowest BCUT2D eigenvalue weighted by Crippen LogP contribution is -2.44. The Hall–Kier alpha value is -1.38. The summed E-state index contributed by atoms with van der Waals surface area (Å²) in [6.45, 7) is 4.14. The summed E-state index contributed by atoms with van der Waals surface area (Å²) in [5, 5.41) is 8.83. The third-order valence-corrected chi connectivity index (χ3v) is 3.35. The number of carbonyl (C=O) groups is 1. The quantitative estimate of drug-likeness (QED) is 0.269. The normalized spacial score (nSPS) is 18.0. The SMILES string of the molecule is CN=C(NCCCOCC1CCCO1)NCC(=O)NCCOC. The zero-order chi connectivity index (χ0) is 16.8. The molecule has 0 aliphatic carbocycles. The highest BCUT2D eigenvalue weighted by Gasteiger charge is 2.14. The summed E-state index contributed by atoms with van der Waals surface area (Å²) in [4.78, 5) is 15.6. The number of carbonyl (C=O) groups excluding carboxylic acids is 1. The number of rotatable bonds is 11. The van der Waals surface area contributed by atoms with Gasteiger partial charge in [0.25, 0.3) is 0 Å². The van der Waals surface area contributed by atoms with Crippen molar-refractivity contribution >= 4 is 11.9 Å². The molecular weight excluding hydrogens is 300 g/mol. The second kappa shape index (κ2) is 13.1. The van der Waals surface area contributed by atoms with Gasteiger partial charge in [-0.25, -0.2) is 0 Å². The first kappa shape index (κ1) is 19.7. The van der Waals surface area contributed by atoms with Gasteiger partial charge in [-0.3, -0.25) is 9.79 Å². The van der Waals surface area contributed by atoms with Crippen molar-refractivity contribution < 1.29 is 19.0 Å². The molecule has 0 radical (unpaired) electrons. The highest BCUT2D eigenvalue weighted by molar-refractivity contribution is 5.86. The molecule has 23 heavy (non-hydrogen) atoms. The Balaban J connectivity index is 1.97. The Bertz CT molecular complexity index is 346. The molecule has 1 saturated heterocycles. The Kier molecular flexibility index (Phi) is 11.2. The maximum absolute atomic E-state index is 11.5. The van der Waals surface area contributed by atoms with Gasteiger partial charge in [-0.1, -0.05) is 0 Å². The summed E-state index contributed by atoms with van der Waals surface area (Å²) >= 11 is 0. The fourth-order valence-electron chi connectivity index (χ4n) is 2.11. The third-order valence-electron chi connectivity index (χ3n) is 3.35. The molecule has 3 N–H and O–H groups in total. The summed E-state index contributed by atoms with van der Waals surface area (Å²) in [6, 6.07) is 0. The predicted molar refractivity (Wildman–Crippen MR) is 88.7 cm³/mol. The van der Waals surface area contributed by atoms with E-state index in [2.05, 4.69) is 20.9 Å². The molecule has 1 rings (SSSR count). The molecule has 0 spiro atoms. The van der Waals surface area contributed by atoms with E-state index in [9.17, 15) is 4.79 Å². The van der Waals surface area contributed by atoms with Gasteiger partial charge in [0, 0.05) is 40.5 Å². The van der Waals surface area contributed by atoms with Gasteiger partial charge in [-0.05, 0) is 19.3 Å². The van der Waals surface area contributed by atoms with Gasteiger partial charge in [0.2, 0.25) is 5.91 Å². The number of nitrogens with one attached hydrogen (secondary N) is 3. The average molecular weight is 330 g/mol. The summed E-state index contributed by atoms with van der Waals surface area (Å²) in [7, 11) is 3.27. The van der Waals surface area contributed by atoms with E-state index in [-0.39, 0.29) is 18.6 Å². The second-order valence-electron chi connectivity index (χ2n) is 5.26. The van der Waals surface area contributed by atoms with E-state index < -0.39 is 0 Å². The van der Waals surface area contributed by atoms with Crippen LogP contribution in [0.1, 0.15) is 19.3 Å². The molecule has 1 unspecified atom stereocenters. The lowest BCUT2D eigenvalue weighted by atomic mass is 10.2. The van der Waals surface area contributed by atoms with Gasteiger partial charge in [-0.15, -0.1) is 0 Å². The Labute approximate surface area is 138 Å². The zero-order valence-corrected chi connectivity index (χ0v) is 14.2. The van der Waals surface area contributed by atoms with Crippen molar-refractivity contribution in [3.05, 3.63) is 0 Å². The number of methoxy groups -OCH3 is 1. The predicted octanol–water partition coefficient (Wildman–Crippen LogP) is -0.500. The van der Waals surface area contributed by atoms with Crippen LogP contribution in [0.25, 0.3) is 0 Å². The fraction of sp³-hybridized carbons (Fsp3) is 0.867. The van der Waals surface area contributed by atoms with Crippen molar-refractivity contribution in [1.29, 1.82) is 0 Å². The Morgan fingerprint density at radius 1 is 1.26 bits per heavy atom. The monoisotopic (exact) mass is 330 g/mol. The second-order valence-corrected chi connectivity index (χ2v) is 5.26. The van der Waals surface area contributed by atoms with Crippen LogP contribution in [0.2, 0.25) is 0 Å². The molecule has 8 heteroatoms. The van der Waals surface area contributed by atoms with Crippen molar-refractivity contribution in [3.8, 4) is 0 Å². The molecule has 0 bridgehead atoms. The first-order valence-electron chi connectivity index (χ1n) is 8.15. The van der Waals surface area contributed by atoms with E-state index in [0.717, 1.165) is 32.4 Å². The summed E-state index contributed by atoms with van der Waals surface area (Å²) in [6.07, 6.45) is 3.37. The smallest absolute Gasteiger partial charge is 0.239 e. The van der Waals surface area contributed by atoms with Crippen molar-refractivity contribution in [2.24, 2.45) is 4.99 Å². The highest BCUT2D eigenvalue weighted by atomic mass is 16.5. The van der Waals surface area contributed by atoms with Crippen molar-refractivity contribution in [1.82, 2.24) is 16.0 Å². The number of ether oxygens (including phenoxy) is 3. The fourth-order valence-corrected chi connectivity index (χ4v) is 2.11. The van der Waals surface area contributed by atoms with Crippen LogP contribution in [0, 0.1) is 0 Å². The molecule has 0 saturated carbocycles. The van der Waals surface area contributed by atoms with Crippen molar-refractivity contribution in [2.75, 3.05) is 60.2 Å². The number of hydrogen-bond donors (Lipinski definition) is 3. The minimum Gasteiger partial charge on any atom is -0.383 e. The first-order chi connectivity index (χ1) is 11.3. The number of hydrogen-bond acceptors (Lipinski definition) is 5. The average Bonchev–Trinajstić information content (AvgIpc) is 3.07. The van der Waals surface area contributed by atoms with E-state index in [4.69, 9.17) is 14.2 Å². The van der Waals surface area contributed by atoms with Crippen LogP contribution in [0.5, 0.6) is 0 Å². The first-order valence-corrected chi connectivity index (χ1v) is 8.15. The van der Waals surface area contributed by atoms with E-state index in [1.807, 2.05) is 0 Å². The van der Waals surface area contributed by atoms with Crippen LogP contribution >= 0.6 is 0 Å². The van der Waals surface area contributed by atoms with Gasteiger partial charge in [0.05, 0.1) is 25.9 Å². The molecule has 1 atom stereocenters. The minimum absolute atomic E-state index is 0.0927. The van der Waals surface area contributed by atoms with E-state index in [1.54, 1.807) is 14.2 Å². The number of nitrogens with zero attached hydrogens (tertiary/aromatic N) is 1. The van der Waals surface area contributed by atoms with Gasteiger partial charge in [-0.2, -0.15) is 0 Å². The Morgan fingerprint density at radius 3 is 2.83 bits per heavy atom. The van der Waals surface area contributed by atoms with Crippen molar-refractivity contribution in [2.45, 2.75) is 25.4 Å². The van der Waals surface area contributed by atoms with Crippen LogP contribution in [0.15, 0.2) is 4.99 Å². The van der Waals surface area contributed by atoms with Gasteiger partial charge in [0.15, 0.2) is 5.96 Å². The number of aliphatic imine (C=N–C) groups is 1. The largest absolute Gasteiger partial charge is 0.383 e. The van der Waals surface area contributed by atoms with Gasteiger partial charge >= 0.3 is 0 Å². The lowest BCUT2D eigenvalue weighted by Gasteiger charge is -2.13. The van der Waals surface area contributed by atoms with E-state index >= 15 is 0 Å². The molecule has 134 valence electrons. The highest BCUT2D eigenvalue weighted by Crippen LogP contribution is 2.11. The van der Waals surface area contributed by atoms with E-state index in [1.165, 1.54) is 0 Å². The lowest BCUT2D eigenvalue weighted by molar-refractivity contribution is -0.120. The maximum atomic E-state index is 11.5. The van der Waals surface area contributed by atoms with Crippen LogP contribution < -0.4 is 16.0 Å². The van der Waals surface area contributed by atoms with Crippen LogP contribution in [0.3, 0.4) is 0 Å². The van der Waals surface area contributed by atoms with Crippen LogP contribution in [-0.2, 0) is 19.0 Å². The molecule has 1 heterocycles. The maximum Gasteiger partial charge on any atom is 0.239 e. The molecular formula is C15H30N4O4. The third kappa shape index (κ3) is 10.1. The summed E-state index contributed by atoms with van der Waals surface area (Å²) < 4.78 is 15.9. The summed E-state index contributed by atoms with van der Waals surface area (Å²) in [5.74, 6) is 0.510. The van der Waals surface area contributed by atoms with Crippen molar-refractivity contribution in [3.63, 3.8) is 0 Å². The van der Waals surface area contributed by atoms with Gasteiger partial charge in [0.1, 0.15) is 0 Å². The number of amides is 1. The minimum atomic E-state index is -0.0927. The topological polar surface area (TPSA) is 93.2 Å². The molecule has 8 nitrogen and oxygen atoms in total. The standard InChI is InChI=1S/C15H30N4O4/c1-16-15(19-11-14(20)17-7-10-21-2)18-6-4-8-22-12-13-5-3-9-23-13/h13H,3-12H2,1-2H3,(H,17,20)(H2,16,18,19). The molecule has 1 aliphatic rings. The Morgan fingerprint density at radius 2 is 2.13 bits per heavy atom. The molecule has 1 fully saturated rings. The number of guanidine groups is 1. The molecule has 0 aromatic heterocycles.